The standard InChI is InChI=1S/C25H25ClN2O2/c1-18-8-3-6-11-24(18)29-17-7-16-28-23-10-5-4-9-22(23)27-25(28)19(2)30-21-14-12-20(26)13-15-21/h3-6,8-15,19H,7,16-17H2,1-2H3. The Hall–Kier alpha value is -2.98. The number of hydrogen-bond acceptors (Lipinski definition) is 3. The van der Waals surface area contributed by atoms with Gasteiger partial charge in [0, 0.05) is 11.6 Å². The molecule has 1 unspecified atom stereocenters. The van der Waals surface area contributed by atoms with Gasteiger partial charge < -0.3 is 14.0 Å². The number of para-hydroxylation sites is 3. The van der Waals surface area contributed by atoms with Crippen LogP contribution in [0, 0.1) is 6.92 Å². The van der Waals surface area contributed by atoms with Gasteiger partial charge in [0.05, 0.1) is 17.6 Å². The first-order chi connectivity index (χ1) is 14.6. The van der Waals surface area contributed by atoms with E-state index in [1.807, 2.05) is 67.6 Å². The topological polar surface area (TPSA) is 36.3 Å². The second kappa shape index (κ2) is 9.23. The molecule has 0 saturated carbocycles. The number of fused-ring (bicyclic) bond motifs is 1. The van der Waals surface area contributed by atoms with Crippen molar-refractivity contribution in [3.63, 3.8) is 0 Å². The van der Waals surface area contributed by atoms with Gasteiger partial charge in [-0.25, -0.2) is 4.98 Å². The van der Waals surface area contributed by atoms with Crippen LogP contribution in [0.15, 0.2) is 72.8 Å². The zero-order valence-electron chi connectivity index (χ0n) is 17.2. The molecule has 0 fully saturated rings. The lowest BCUT2D eigenvalue weighted by molar-refractivity contribution is 0.210. The summed E-state index contributed by atoms with van der Waals surface area (Å²) in [6.07, 6.45) is 0.672. The van der Waals surface area contributed by atoms with Crippen LogP contribution in [0.5, 0.6) is 11.5 Å². The number of nitrogens with zero attached hydrogens (tertiary/aromatic N) is 2. The van der Waals surface area contributed by atoms with Crippen molar-refractivity contribution in [2.24, 2.45) is 0 Å². The number of rotatable bonds is 8. The molecule has 30 heavy (non-hydrogen) atoms. The van der Waals surface area contributed by atoms with Crippen LogP contribution in [0.2, 0.25) is 5.02 Å². The Kier molecular flexibility index (Phi) is 6.24. The van der Waals surface area contributed by atoms with Gasteiger partial charge in [-0.05, 0) is 68.3 Å². The van der Waals surface area contributed by atoms with Gasteiger partial charge in [-0.1, -0.05) is 41.9 Å². The SMILES string of the molecule is Cc1ccccc1OCCCn1c(C(C)Oc2ccc(Cl)cc2)nc2ccccc21. The van der Waals surface area contributed by atoms with Crippen molar-refractivity contribution in [1.82, 2.24) is 9.55 Å². The zero-order valence-corrected chi connectivity index (χ0v) is 18.0. The zero-order chi connectivity index (χ0) is 20.9. The highest BCUT2D eigenvalue weighted by Gasteiger charge is 2.18. The third-order valence-corrected chi connectivity index (χ3v) is 5.30. The van der Waals surface area contributed by atoms with Crippen LogP contribution in [0.1, 0.15) is 30.8 Å². The van der Waals surface area contributed by atoms with Crippen molar-refractivity contribution in [3.05, 3.63) is 89.2 Å². The van der Waals surface area contributed by atoms with Crippen LogP contribution in [-0.4, -0.2) is 16.2 Å². The van der Waals surface area contributed by atoms with Gasteiger partial charge in [0.2, 0.25) is 0 Å². The molecule has 154 valence electrons. The largest absolute Gasteiger partial charge is 0.493 e. The molecule has 3 aromatic carbocycles. The normalized spacial score (nSPS) is 12.1. The van der Waals surface area contributed by atoms with E-state index in [1.165, 1.54) is 0 Å². The van der Waals surface area contributed by atoms with Gasteiger partial charge in [0.15, 0.2) is 11.9 Å². The minimum atomic E-state index is -0.198. The molecule has 0 spiro atoms. The summed E-state index contributed by atoms with van der Waals surface area (Å²) in [6.45, 7) is 5.53. The number of hydrogen-bond donors (Lipinski definition) is 0. The molecule has 0 radical (unpaired) electrons. The summed E-state index contributed by atoms with van der Waals surface area (Å²) in [5, 5.41) is 0.691. The molecule has 4 aromatic rings. The quantitative estimate of drug-likeness (QED) is 0.301. The summed E-state index contributed by atoms with van der Waals surface area (Å²) in [4.78, 5) is 4.85. The fourth-order valence-electron chi connectivity index (χ4n) is 3.53. The summed E-state index contributed by atoms with van der Waals surface area (Å²) < 4.78 is 14.4. The molecule has 1 atom stereocenters. The minimum Gasteiger partial charge on any atom is -0.493 e. The average Bonchev–Trinajstić information content (AvgIpc) is 3.13. The Labute approximate surface area is 182 Å². The maximum Gasteiger partial charge on any atom is 0.153 e. The molecule has 5 heteroatoms. The second-order valence-electron chi connectivity index (χ2n) is 7.29. The van der Waals surface area contributed by atoms with Crippen LogP contribution in [0.3, 0.4) is 0 Å². The fraction of sp³-hybridized carbons (Fsp3) is 0.240. The molecule has 0 amide bonds. The van der Waals surface area contributed by atoms with E-state index in [4.69, 9.17) is 26.1 Å². The van der Waals surface area contributed by atoms with Crippen molar-refractivity contribution in [2.45, 2.75) is 32.9 Å². The van der Waals surface area contributed by atoms with Crippen molar-refractivity contribution < 1.29 is 9.47 Å². The molecular weight excluding hydrogens is 396 g/mol. The van der Waals surface area contributed by atoms with E-state index in [2.05, 4.69) is 23.6 Å². The van der Waals surface area contributed by atoms with Crippen LogP contribution in [0.25, 0.3) is 11.0 Å². The summed E-state index contributed by atoms with van der Waals surface area (Å²) >= 11 is 5.98. The van der Waals surface area contributed by atoms with Gasteiger partial charge in [-0.15, -0.1) is 0 Å². The first kappa shape index (κ1) is 20.3. The van der Waals surface area contributed by atoms with Gasteiger partial charge in [-0.3, -0.25) is 0 Å². The predicted molar refractivity (Wildman–Crippen MR) is 122 cm³/mol. The van der Waals surface area contributed by atoms with E-state index in [0.717, 1.165) is 46.9 Å². The average molecular weight is 421 g/mol. The highest BCUT2D eigenvalue weighted by atomic mass is 35.5. The molecule has 1 heterocycles. The molecule has 4 nitrogen and oxygen atoms in total. The maximum absolute atomic E-state index is 6.14. The number of aromatic nitrogens is 2. The summed E-state index contributed by atoms with van der Waals surface area (Å²) in [6, 6.07) is 23.7. The number of imidazole rings is 1. The van der Waals surface area contributed by atoms with Crippen LogP contribution in [0.4, 0.5) is 0 Å². The number of ether oxygens (including phenoxy) is 2. The molecule has 0 aliphatic rings. The van der Waals surface area contributed by atoms with E-state index in [0.29, 0.717) is 11.6 Å². The van der Waals surface area contributed by atoms with E-state index in [1.54, 1.807) is 0 Å². The molecular formula is C25H25ClN2O2. The smallest absolute Gasteiger partial charge is 0.153 e. The summed E-state index contributed by atoms with van der Waals surface area (Å²) in [5.41, 5.74) is 3.23. The van der Waals surface area contributed by atoms with E-state index >= 15 is 0 Å². The number of aryl methyl sites for hydroxylation is 2. The summed E-state index contributed by atoms with van der Waals surface area (Å²) in [7, 11) is 0. The van der Waals surface area contributed by atoms with Crippen LogP contribution >= 0.6 is 11.6 Å². The van der Waals surface area contributed by atoms with Gasteiger partial charge in [0.1, 0.15) is 11.5 Å². The van der Waals surface area contributed by atoms with Crippen molar-refractivity contribution in [2.75, 3.05) is 6.61 Å². The molecule has 4 rings (SSSR count). The molecule has 0 bridgehead atoms. The number of benzene rings is 3. The Bertz CT molecular complexity index is 1120. The molecule has 0 saturated heterocycles. The van der Waals surface area contributed by atoms with Crippen LogP contribution in [-0.2, 0) is 6.54 Å². The first-order valence-corrected chi connectivity index (χ1v) is 10.6. The van der Waals surface area contributed by atoms with Crippen molar-refractivity contribution in [1.29, 1.82) is 0 Å². The number of halogens is 1. The first-order valence-electron chi connectivity index (χ1n) is 10.2. The third-order valence-electron chi connectivity index (χ3n) is 5.05. The lowest BCUT2D eigenvalue weighted by Crippen LogP contribution is -2.13. The van der Waals surface area contributed by atoms with Gasteiger partial charge in [0.25, 0.3) is 0 Å². The van der Waals surface area contributed by atoms with Gasteiger partial charge >= 0.3 is 0 Å². The highest BCUT2D eigenvalue weighted by Crippen LogP contribution is 2.26. The Morgan fingerprint density at radius 3 is 2.50 bits per heavy atom. The lowest BCUT2D eigenvalue weighted by atomic mass is 10.2. The van der Waals surface area contributed by atoms with Crippen molar-refractivity contribution >= 4 is 22.6 Å². The fourth-order valence-corrected chi connectivity index (χ4v) is 3.66. The van der Waals surface area contributed by atoms with E-state index in [-0.39, 0.29) is 6.10 Å². The van der Waals surface area contributed by atoms with E-state index in [9.17, 15) is 0 Å². The monoisotopic (exact) mass is 420 g/mol. The Balaban J connectivity index is 1.49. The molecule has 1 aromatic heterocycles. The Morgan fingerprint density at radius 1 is 0.967 bits per heavy atom. The van der Waals surface area contributed by atoms with Gasteiger partial charge in [-0.2, -0.15) is 0 Å². The predicted octanol–water partition coefficient (Wildman–Crippen LogP) is 6.61. The Morgan fingerprint density at radius 2 is 1.70 bits per heavy atom. The van der Waals surface area contributed by atoms with Crippen LogP contribution < -0.4 is 9.47 Å². The minimum absolute atomic E-state index is 0.198. The molecule has 0 aliphatic heterocycles. The highest BCUT2D eigenvalue weighted by molar-refractivity contribution is 6.30. The summed E-state index contributed by atoms with van der Waals surface area (Å²) in [5.74, 6) is 2.61. The third kappa shape index (κ3) is 4.60. The second-order valence-corrected chi connectivity index (χ2v) is 7.73. The molecule has 0 N–H and O–H groups in total. The lowest BCUT2D eigenvalue weighted by Gasteiger charge is -2.17. The molecule has 0 aliphatic carbocycles. The van der Waals surface area contributed by atoms with Crippen molar-refractivity contribution in [3.8, 4) is 11.5 Å². The van der Waals surface area contributed by atoms with E-state index < -0.39 is 0 Å². The maximum atomic E-state index is 6.14.